The number of hydrazone groups is 1. The Labute approximate surface area is 150 Å². The smallest absolute Gasteiger partial charge is 0.278 e. The molecule has 3 rings (SSSR count). The minimum atomic E-state index is -4.43. The van der Waals surface area contributed by atoms with E-state index in [4.69, 9.17) is 0 Å². The van der Waals surface area contributed by atoms with Crippen molar-refractivity contribution in [3.63, 3.8) is 0 Å². The Morgan fingerprint density at radius 3 is 2.00 bits per heavy atom. The predicted octanol–water partition coefficient (Wildman–Crippen LogP) is 6.21. The molecule has 0 aromatic heterocycles. The second-order valence-electron chi connectivity index (χ2n) is 5.80. The summed E-state index contributed by atoms with van der Waals surface area (Å²) >= 11 is 0. The lowest BCUT2D eigenvalue weighted by molar-refractivity contribution is -0.136. The summed E-state index contributed by atoms with van der Waals surface area (Å²) in [4.78, 5) is 0. The quantitative estimate of drug-likeness (QED) is 0.437. The lowest BCUT2D eigenvalue weighted by Gasteiger charge is -2.12. The topological polar surface area (TPSA) is 24.4 Å². The number of alkyl halides is 3. The second-order valence-corrected chi connectivity index (χ2v) is 5.80. The molecule has 3 aromatic carbocycles. The molecule has 0 aliphatic rings. The van der Waals surface area contributed by atoms with Gasteiger partial charge in [-0.1, -0.05) is 66.7 Å². The molecule has 0 radical (unpaired) electrons. The van der Waals surface area contributed by atoms with Crippen LogP contribution in [0.4, 0.5) is 18.9 Å². The van der Waals surface area contributed by atoms with E-state index in [2.05, 4.69) is 10.5 Å². The van der Waals surface area contributed by atoms with E-state index >= 15 is 0 Å². The van der Waals surface area contributed by atoms with E-state index in [1.807, 2.05) is 54.6 Å². The monoisotopic (exact) mass is 354 g/mol. The predicted molar refractivity (Wildman–Crippen MR) is 99.2 cm³/mol. The number of benzene rings is 3. The van der Waals surface area contributed by atoms with Crippen molar-refractivity contribution < 1.29 is 13.2 Å². The van der Waals surface area contributed by atoms with Gasteiger partial charge in [0.05, 0.1) is 17.0 Å². The standard InChI is InChI=1S/C21H17F3N2/c1-15(25-26-20-10-6-5-9-19(20)21(22,23)24)16-11-13-18(14-12-16)17-7-3-2-4-8-17/h2-14,26H,1H3/b25-15-. The number of nitrogens with one attached hydrogen (secondary N) is 1. The zero-order valence-corrected chi connectivity index (χ0v) is 14.1. The molecule has 0 fully saturated rings. The van der Waals surface area contributed by atoms with E-state index in [0.29, 0.717) is 5.71 Å². The summed E-state index contributed by atoms with van der Waals surface area (Å²) in [6, 6.07) is 23.0. The number of hydrogen-bond donors (Lipinski definition) is 1. The molecular formula is C21H17F3N2. The van der Waals surface area contributed by atoms with E-state index < -0.39 is 11.7 Å². The molecule has 132 valence electrons. The third-order valence-corrected chi connectivity index (χ3v) is 3.99. The second kappa shape index (κ2) is 7.44. The van der Waals surface area contributed by atoms with E-state index in [-0.39, 0.29) is 5.69 Å². The highest BCUT2D eigenvalue weighted by atomic mass is 19.4. The maximum Gasteiger partial charge on any atom is 0.418 e. The van der Waals surface area contributed by atoms with Crippen LogP contribution in [0.3, 0.4) is 0 Å². The lowest BCUT2D eigenvalue weighted by atomic mass is 10.0. The van der Waals surface area contributed by atoms with Gasteiger partial charge in [-0.15, -0.1) is 0 Å². The molecule has 1 N–H and O–H groups in total. The Kier molecular flexibility index (Phi) is 5.07. The summed E-state index contributed by atoms with van der Waals surface area (Å²) in [6.07, 6.45) is -4.43. The first-order chi connectivity index (χ1) is 12.4. The van der Waals surface area contributed by atoms with Crippen LogP contribution in [0.5, 0.6) is 0 Å². The van der Waals surface area contributed by atoms with Crippen molar-refractivity contribution in [3.05, 3.63) is 90.0 Å². The van der Waals surface area contributed by atoms with Crippen molar-refractivity contribution in [2.75, 3.05) is 5.43 Å². The number of nitrogens with zero attached hydrogens (tertiary/aromatic N) is 1. The summed E-state index contributed by atoms with van der Waals surface area (Å²) in [5.74, 6) is 0. The Bertz CT molecular complexity index is 899. The van der Waals surface area contributed by atoms with Crippen LogP contribution in [-0.2, 0) is 6.18 Å². The summed E-state index contributed by atoms with van der Waals surface area (Å²) in [5.41, 5.74) is 5.33. The number of para-hydroxylation sites is 1. The van der Waals surface area contributed by atoms with Gasteiger partial charge >= 0.3 is 6.18 Å². The van der Waals surface area contributed by atoms with Crippen molar-refractivity contribution in [1.29, 1.82) is 0 Å². The van der Waals surface area contributed by atoms with E-state index in [0.717, 1.165) is 22.8 Å². The zero-order chi connectivity index (χ0) is 18.6. The van der Waals surface area contributed by atoms with Crippen molar-refractivity contribution >= 4 is 11.4 Å². The molecule has 0 unspecified atom stereocenters. The van der Waals surface area contributed by atoms with Crippen LogP contribution in [0.2, 0.25) is 0 Å². The van der Waals surface area contributed by atoms with E-state index in [9.17, 15) is 13.2 Å². The van der Waals surface area contributed by atoms with Crippen molar-refractivity contribution in [2.24, 2.45) is 5.10 Å². The third-order valence-electron chi connectivity index (χ3n) is 3.99. The van der Waals surface area contributed by atoms with Gasteiger partial charge in [-0.3, -0.25) is 5.43 Å². The molecule has 5 heteroatoms. The first kappa shape index (κ1) is 17.7. The number of rotatable bonds is 4. The van der Waals surface area contributed by atoms with Crippen LogP contribution in [-0.4, -0.2) is 5.71 Å². The molecule has 0 amide bonds. The number of halogens is 3. The molecule has 0 aliphatic carbocycles. The van der Waals surface area contributed by atoms with E-state index in [1.54, 1.807) is 6.92 Å². The van der Waals surface area contributed by atoms with Gasteiger partial charge in [0.15, 0.2) is 0 Å². The average Bonchev–Trinajstić information content (AvgIpc) is 2.66. The first-order valence-electron chi connectivity index (χ1n) is 8.07. The minimum absolute atomic E-state index is 0.0692. The Hall–Kier alpha value is -3.08. The van der Waals surface area contributed by atoms with Crippen LogP contribution in [0, 0.1) is 0 Å². The normalized spacial score (nSPS) is 12.1. The van der Waals surface area contributed by atoms with Crippen molar-refractivity contribution in [1.82, 2.24) is 0 Å². The first-order valence-corrected chi connectivity index (χ1v) is 8.07. The SMILES string of the molecule is C/C(=N/Nc1ccccc1C(F)(F)F)c1ccc(-c2ccccc2)cc1. The maximum absolute atomic E-state index is 13.0. The van der Waals surface area contributed by atoms with Gasteiger partial charge in [-0.25, -0.2) is 0 Å². The number of anilines is 1. The summed E-state index contributed by atoms with van der Waals surface area (Å²) in [7, 11) is 0. The van der Waals surface area contributed by atoms with Gasteiger partial charge in [0.2, 0.25) is 0 Å². The third kappa shape index (κ3) is 4.11. The van der Waals surface area contributed by atoms with Crippen LogP contribution in [0.15, 0.2) is 84.0 Å². The highest BCUT2D eigenvalue weighted by molar-refractivity contribution is 5.99. The van der Waals surface area contributed by atoms with Gasteiger partial charge in [-0.2, -0.15) is 18.3 Å². The summed E-state index contributed by atoms with van der Waals surface area (Å²) in [5, 5.41) is 4.11. The molecule has 0 saturated carbocycles. The fourth-order valence-electron chi connectivity index (χ4n) is 2.57. The Morgan fingerprint density at radius 2 is 1.35 bits per heavy atom. The van der Waals surface area contributed by atoms with E-state index in [1.165, 1.54) is 18.2 Å². The van der Waals surface area contributed by atoms with Crippen molar-refractivity contribution in [2.45, 2.75) is 13.1 Å². The molecular weight excluding hydrogens is 337 g/mol. The van der Waals surface area contributed by atoms with Crippen LogP contribution in [0.1, 0.15) is 18.1 Å². The minimum Gasteiger partial charge on any atom is -0.278 e. The number of hydrogen-bond acceptors (Lipinski definition) is 2. The molecule has 3 aromatic rings. The van der Waals surface area contributed by atoms with Gasteiger partial charge in [0, 0.05) is 0 Å². The van der Waals surface area contributed by atoms with Crippen molar-refractivity contribution in [3.8, 4) is 11.1 Å². The Balaban J connectivity index is 1.79. The maximum atomic E-state index is 13.0. The van der Waals surface area contributed by atoms with Gasteiger partial charge in [0.25, 0.3) is 0 Å². The molecule has 0 saturated heterocycles. The molecule has 2 nitrogen and oxygen atoms in total. The highest BCUT2D eigenvalue weighted by Crippen LogP contribution is 2.34. The molecule has 0 spiro atoms. The summed E-state index contributed by atoms with van der Waals surface area (Å²) < 4.78 is 39.0. The molecule has 0 bridgehead atoms. The largest absolute Gasteiger partial charge is 0.418 e. The van der Waals surface area contributed by atoms with Crippen LogP contribution < -0.4 is 5.43 Å². The fraction of sp³-hybridized carbons (Fsp3) is 0.0952. The summed E-state index contributed by atoms with van der Waals surface area (Å²) in [6.45, 7) is 1.75. The Morgan fingerprint density at radius 1 is 0.769 bits per heavy atom. The van der Waals surface area contributed by atoms with Crippen LogP contribution >= 0.6 is 0 Å². The fourth-order valence-corrected chi connectivity index (χ4v) is 2.57. The highest BCUT2D eigenvalue weighted by Gasteiger charge is 2.33. The lowest BCUT2D eigenvalue weighted by Crippen LogP contribution is -2.09. The molecule has 0 heterocycles. The molecule has 26 heavy (non-hydrogen) atoms. The molecule has 0 aliphatic heterocycles. The molecule has 0 atom stereocenters. The zero-order valence-electron chi connectivity index (χ0n) is 14.1. The van der Waals surface area contributed by atoms with Gasteiger partial charge in [-0.05, 0) is 35.7 Å². The van der Waals surface area contributed by atoms with Crippen LogP contribution in [0.25, 0.3) is 11.1 Å². The average molecular weight is 354 g/mol. The van der Waals surface area contributed by atoms with Gasteiger partial charge < -0.3 is 0 Å². The van der Waals surface area contributed by atoms with Gasteiger partial charge in [0.1, 0.15) is 0 Å².